The van der Waals surface area contributed by atoms with Crippen molar-refractivity contribution in [1.29, 1.82) is 0 Å². The second-order valence-electron chi connectivity index (χ2n) is 4.14. The Bertz CT molecular complexity index is 522. The molecule has 0 spiro atoms. The van der Waals surface area contributed by atoms with E-state index < -0.39 is 0 Å². The van der Waals surface area contributed by atoms with Crippen LogP contribution in [0.15, 0.2) is 23.9 Å². The highest BCUT2D eigenvalue weighted by atomic mass is 32.2. The molecule has 0 aliphatic carbocycles. The third-order valence-corrected chi connectivity index (χ3v) is 3.76. The number of nitrogens with zero attached hydrogens (tertiary/aromatic N) is 3. The maximum atomic E-state index is 4.39. The fourth-order valence-corrected chi connectivity index (χ4v) is 2.69. The number of imidazole rings is 1. The van der Waals surface area contributed by atoms with Gasteiger partial charge in [0.05, 0.1) is 18.1 Å². The third kappa shape index (κ3) is 2.13. The van der Waals surface area contributed by atoms with Crippen molar-refractivity contribution < 1.29 is 0 Å². The van der Waals surface area contributed by atoms with E-state index in [-0.39, 0.29) is 6.04 Å². The van der Waals surface area contributed by atoms with E-state index in [0.29, 0.717) is 0 Å². The average molecular weight is 261 g/mol. The van der Waals surface area contributed by atoms with Crippen LogP contribution in [-0.4, -0.2) is 32.2 Å². The zero-order chi connectivity index (χ0) is 12.4. The Morgan fingerprint density at radius 3 is 2.94 bits per heavy atom. The van der Waals surface area contributed by atoms with Gasteiger partial charge in [0.15, 0.2) is 5.16 Å². The van der Waals surface area contributed by atoms with Crippen LogP contribution in [0.4, 0.5) is 0 Å². The lowest BCUT2D eigenvalue weighted by Gasteiger charge is -2.22. The van der Waals surface area contributed by atoms with Crippen molar-refractivity contribution in [3.8, 4) is 0 Å². The molecule has 1 atom stereocenters. The van der Waals surface area contributed by atoms with Crippen LogP contribution < -0.4 is 5.32 Å². The number of aromatic amines is 1. The predicted octanol–water partition coefficient (Wildman–Crippen LogP) is 1.55. The number of H-pyrrole nitrogens is 1. The Kier molecular flexibility index (Phi) is 3.29. The molecule has 0 fully saturated rings. The van der Waals surface area contributed by atoms with E-state index in [2.05, 4.69) is 32.2 Å². The second kappa shape index (κ2) is 5.07. The summed E-state index contributed by atoms with van der Waals surface area (Å²) in [6.45, 7) is 3.05. The van der Waals surface area contributed by atoms with Gasteiger partial charge in [-0.25, -0.2) is 15.0 Å². The van der Waals surface area contributed by atoms with Crippen LogP contribution in [-0.2, 0) is 6.42 Å². The lowest BCUT2D eigenvalue weighted by molar-refractivity contribution is 0.549. The molecule has 1 aliphatic rings. The molecule has 0 amide bonds. The highest BCUT2D eigenvalue weighted by molar-refractivity contribution is 7.99. The number of rotatable bonds is 3. The molecule has 1 aliphatic heterocycles. The van der Waals surface area contributed by atoms with Crippen molar-refractivity contribution in [1.82, 2.24) is 25.3 Å². The van der Waals surface area contributed by atoms with Gasteiger partial charge >= 0.3 is 0 Å². The summed E-state index contributed by atoms with van der Waals surface area (Å²) in [6, 6.07) is 0.112. The molecule has 0 unspecified atom stereocenters. The van der Waals surface area contributed by atoms with E-state index in [9.17, 15) is 0 Å². The molecule has 3 rings (SSSR count). The Morgan fingerprint density at radius 2 is 2.17 bits per heavy atom. The molecule has 0 saturated carbocycles. The molecule has 0 radical (unpaired) electrons. The molecule has 94 valence electrons. The first-order valence-corrected chi connectivity index (χ1v) is 7.07. The summed E-state index contributed by atoms with van der Waals surface area (Å²) in [4.78, 5) is 16.3. The van der Waals surface area contributed by atoms with Gasteiger partial charge in [-0.2, -0.15) is 0 Å². The van der Waals surface area contributed by atoms with Crippen LogP contribution >= 0.6 is 11.8 Å². The summed E-state index contributed by atoms with van der Waals surface area (Å²) in [5.74, 6) is 0.991. The first-order valence-electron chi connectivity index (χ1n) is 6.08. The molecule has 2 N–H and O–H groups in total. The summed E-state index contributed by atoms with van der Waals surface area (Å²) in [5, 5.41) is 4.29. The van der Waals surface area contributed by atoms with E-state index in [1.54, 1.807) is 18.1 Å². The molecule has 0 aromatic carbocycles. The van der Waals surface area contributed by atoms with Crippen LogP contribution in [0.2, 0.25) is 0 Å². The van der Waals surface area contributed by atoms with Crippen molar-refractivity contribution >= 4 is 11.8 Å². The Morgan fingerprint density at radius 1 is 1.33 bits per heavy atom. The quantitative estimate of drug-likeness (QED) is 0.648. The Labute approximate surface area is 110 Å². The maximum absolute atomic E-state index is 4.39. The highest BCUT2D eigenvalue weighted by Crippen LogP contribution is 2.25. The Balaban J connectivity index is 1.88. The monoisotopic (exact) mass is 261 g/mol. The van der Waals surface area contributed by atoms with Gasteiger partial charge in [0.2, 0.25) is 0 Å². The SMILES string of the molecule is CCSc1ncc([C@H]2NCCc3[nH]cnc32)cn1. The van der Waals surface area contributed by atoms with Gasteiger partial charge in [-0.3, -0.25) is 0 Å². The average Bonchev–Trinajstić information content (AvgIpc) is 2.88. The zero-order valence-electron chi connectivity index (χ0n) is 10.2. The van der Waals surface area contributed by atoms with Gasteiger partial charge in [-0.1, -0.05) is 18.7 Å². The summed E-state index contributed by atoms with van der Waals surface area (Å²) in [6.07, 6.45) is 6.54. The van der Waals surface area contributed by atoms with E-state index in [1.807, 2.05) is 12.4 Å². The number of nitrogens with one attached hydrogen (secondary N) is 2. The third-order valence-electron chi connectivity index (χ3n) is 3.00. The fourth-order valence-electron chi connectivity index (χ4n) is 2.17. The zero-order valence-corrected chi connectivity index (χ0v) is 11.0. The normalized spacial score (nSPS) is 18.6. The van der Waals surface area contributed by atoms with Gasteiger partial charge < -0.3 is 10.3 Å². The van der Waals surface area contributed by atoms with Crippen LogP contribution in [0, 0.1) is 0 Å². The van der Waals surface area contributed by atoms with Crippen LogP contribution in [0.25, 0.3) is 0 Å². The molecule has 3 heterocycles. The highest BCUT2D eigenvalue weighted by Gasteiger charge is 2.24. The summed E-state index contributed by atoms with van der Waals surface area (Å²) >= 11 is 1.65. The first kappa shape index (κ1) is 11.7. The number of thioether (sulfide) groups is 1. The minimum Gasteiger partial charge on any atom is -0.348 e. The van der Waals surface area contributed by atoms with Crippen LogP contribution in [0.3, 0.4) is 0 Å². The summed E-state index contributed by atoms with van der Waals surface area (Å²) in [7, 11) is 0. The largest absolute Gasteiger partial charge is 0.348 e. The smallest absolute Gasteiger partial charge is 0.187 e. The van der Waals surface area contributed by atoms with Gasteiger partial charge in [-0.15, -0.1) is 0 Å². The topological polar surface area (TPSA) is 66.5 Å². The molecule has 0 saturated heterocycles. The summed E-state index contributed by atoms with van der Waals surface area (Å²) < 4.78 is 0. The lowest BCUT2D eigenvalue weighted by atomic mass is 10.0. The molecule has 5 nitrogen and oxygen atoms in total. The molecule has 2 aromatic rings. The van der Waals surface area contributed by atoms with Gasteiger partial charge in [0.25, 0.3) is 0 Å². The molecular formula is C12H15N5S. The molecule has 0 bridgehead atoms. The second-order valence-corrected chi connectivity index (χ2v) is 5.37. The van der Waals surface area contributed by atoms with Crippen molar-refractivity contribution in [3.63, 3.8) is 0 Å². The number of aromatic nitrogens is 4. The van der Waals surface area contributed by atoms with Gasteiger partial charge in [-0.05, 0) is 5.75 Å². The lowest BCUT2D eigenvalue weighted by Crippen LogP contribution is -2.30. The van der Waals surface area contributed by atoms with Gasteiger partial charge in [0, 0.05) is 36.6 Å². The molecule has 6 heteroatoms. The summed E-state index contributed by atoms with van der Waals surface area (Å²) in [5.41, 5.74) is 3.36. The standard InChI is InChI=1S/C12H15N5S/c1-2-18-12-14-5-8(6-15-12)10-11-9(3-4-13-10)16-7-17-11/h5-7,10,13H,2-4H2,1H3,(H,16,17)/t10-/m1/s1. The van der Waals surface area contributed by atoms with Crippen LogP contribution in [0.1, 0.15) is 29.9 Å². The fraction of sp³-hybridized carbons (Fsp3) is 0.417. The van der Waals surface area contributed by atoms with Crippen molar-refractivity contribution in [2.75, 3.05) is 12.3 Å². The van der Waals surface area contributed by atoms with Crippen LogP contribution in [0.5, 0.6) is 0 Å². The molecular weight excluding hydrogens is 246 g/mol. The number of hydrogen-bond acceptors (Lipinski definition) is 5. The maximum Gasteiger partial charge on any atom is 0.187 e. The predicted molar refractivity (Wildman–Crippen MR) is 70.6 cm³/mol. The van der Waals surface area contributed by atoms with Crippen molar-refractivity contribution in [2.24, 2.45) is 0 Å². The van der Waals surface area contributed by atoms with Crippen molar-refractivity contribution in [2.45, 2.75) is 24.5 Å². The van der Waals surface area contributed by atoms with E-state index >= 15 is 0 Å². The van der Waals surface area contributed by atoms with Gasteiger partial charge in [0.1, 0.15) is 0 Å². The minimum atomic E-state index is 0.112. The van der Waals surface area contributed by atoms with E-state index in [4.69, 9.17) is 0 Å². The van der Waals surface area contributed by atoms with Crippen molar-refractivity contribution in [3.05, 3.63) is 35.7 Å². The first-order chi connectivity index (χ1) is 8.88. The minimum absolute atomic E-state index is 0.112. The molecule has 2 aromatic heterocycles. The number of hydrogen-bond donors (Lipinski definition) is 2. The molecule has 18 heavy (non-hydrogen) atoms. The van der Waals surface area contributed by atoms with E-state index in [1.165, 1.54) is 5.69 Å². The van der Waals surface area contributed by atoms with E-state index in [0.717, 1.165) is 35.1 Å². The Hall–Kier alpha value is -1.40. The number of fused-ring (bicyclic) bond motifs is 1.